The summed E-state index contributed by atoms with van der Waals surface area (Å²) in [4.78, 5) is 11.5. The van der Waals surface area contributed by atoms with E-state index < -0.39 is 0 Å². The minimum absolute atomic E-state index is 0.00619. The fraction of sp³-hybridized carbons (Fsp3) is 0.462. The van der Waals surface area contributed by atoms with Crippen molar-refractivity contribution in [1.29, 1.82) is 0 Å². The highest BCUT2D eigenvalue weighted by atomic mass is 16.5. The van der Waals surface area contributed by atoms with Gasteiger partial charge in [-0.05, 0) is 32.0 Å². The lowest BCUT2D eigenvalue weighted by Crippen LogP contribution is -2.25. The maximum absolute atomic E-state index is 11.5. The Morgan fingerprint density at radius 3 is 2.82 bits per heavy atom. The van der Waals surface area contributed by atoms with Gasteiger partial charge in [0.05, 0.1) is 25.7 Å². The number of fused-ring (bicyclic) bond motifs is 1. The average molecular weight is 235 g/mol. The largest absolute Gasteiger partial charge is 0.497 e. The minimum Gasteiger partial charge on any atom is -0.497 e. The molecule has 0 bridgehead atoms. The SMILES string of the molecule is COc1ccc2c(c1)C(OC(C)C)CC(=O)N2. The molecule has 0 aliphatic carbocycles. The molecule has 1 heterocycles. The zero-order chi connectivity index (χ0) is 12.4. The van der Waals surface area contributed by atoms with Crippen LogP contribution in [0.25, 0.3) is 0 Å². The van der Waals surface area contributed by atoms with Gasteiger partial charge in [-0.3, -0.25) is 4.79 Å². The van der Waals surface area contributed by atoms with Crippen LogP contribution < -0.4 is 10.1 Å². The van der Waals surface area contributed by atoms with Crippen LogP contribution in [0.1, 0.15) is 31.9 Å². The van der Waals surface area contributed by atoms with E-state index in [2.05, 4.69) is 5.32 Å². The number of benzene rings is 1. The van der Waals surface area contributed by atoms with Crippen LogP contribution in [-0.4, -0.2) is 19.1 Å². The average Bonchev–Trinajstić information content (AvgIpc) is 2.27. The third-order valence-corrected chi connectivity index (χ3v) is 2.69. The molecule has 92 valence electrons. The Kier molecular flexibility index (Phi) is 3.33. The fourth-order valence-electron chi connectivity index (χ4n) is 1.98. The maximum atomic E-state index is 11.5. The van der Waals surface area contributed by atoms with Crippen LogP contribution in [-0.2, 0) is 9.53 Å². The van der Waals surface area contributed by atoms with E-state index in [0.29, 0.717) is 6.42 Å². The highest BCUT2D eigenvalue weighted by Crippen LogP contribution is 2.36. The van der Waals surface area contributed by atoms with Crippen molar-refractivity contribution < 1.29 is 14.3 Å². The van der Waals surface area contributed by atoms with Crippen LogP contribution in [0.4, 0.5) is 5.69 Å². The summed E-state index contributed by atoms with van der Waals surface area (Å²) >= 11 is 0. The van der Waals surface area contributed by atoms with E-state index in [1.54, 1.807) is 7.11 Å². The van der Waals surface area contributed by atoms with Gasteiger partial charge in [-0.15, -0.1) is 0 Å². The van der Waals surface area contributed by atoms with Gasteiger partial charge in [-0.2, -0.15) is 0 Å². The predicted molar refractivity (Wildman–Crippen MR) is 65.2 cm³/mol. The summed E-state index contributed by atoms with van der Waals surface area (Å²) in [5.74, 6) is 0.769. The summed E-state index contributed by atoms with van der Waals surface area (Å²) in [6.07, 6.45) is 0.261. The first kappa shape index (κ1) is 11.9. The first-order valence-corrected chi connectivity index (χ1v) is 5.73. The summed E-state index contributed by atoms with van der Waals surface area (Å²) in [5.41, 5.74) is 1.80. The lowest BCUT2D eigenvalue weighted by molar-refractivity contribution is -0.120. The Morgan fingerprint density at radius 1 is 1.41 bits per heavy atom. The first-order chi connectivity index (χ1) is 8.10. The zero-order valence-corrected chi connectivity index (χ0v) is 10.3. The number of hydrogen-bond acceptors (Lipinski definition) is 3. The molecule has 1 aromatic carbocycles. The van der Waals surface area contributed by atoms with Gasteiger partial charge in [-0.1, -0.05) is 0 Å². The molecule has 1 aliphatic rings. The van der Waals surface area contributed by atoms with Crippen molar-refractivity contribution in [3.63, 3.8) is 0 Å². The summed E-state index contributed by atoms with van der Waals surface area (Å²) in [5, 5.41) is 2.84. The van der Waals surface area contributed by atoms with E-state index in [1.807, 2.05) is 32.0 Å². The number of carbonyl (C=O) groups is 1. The van der Waals surface area contributed by atoms with Gasteiger partial charge in [0.1, 0.15) is 5.75 Å². The lowest BCUT2D eigenvalue weighted by Gasteiger charge is -2.27. The van der Waals surface area contributed by atoms with Crippen LogP contribution in [0.15, 0.2) is 18.2 Å². The molecule has 1 atom stereocenters. The Labute approximate surface area is 101 Å². The highest BCUT2D eigenvalue weighted by molar-refractivity contribution is 5.94. The number of methoxy groups -OCH3 is 1. The molecular weight excluding hydrogens is 218 g/mol. The van der Waals surface area contributed by atoms with E-state index in [4.69, 9.17) is 9.47 Å². The second-order valence-electron chi connectivity index (χ2n) is 4.38. The van der Waals surface area contributed by atoms with E-state index >= 15 is 0 Å². The number of ether oxygens (including phenoxy) is 2. The molecule has 0 radical (unpaired) electrons. The first-order valence-electron chi connectivity index (χ1n) is 5.73. The summed E-state index contributed by atoms with van der Waals surface area (Å²) in [7, 11) is 1.63. The van der Waals surface area contributed by atoms with E-state index in [9.17, 15) is 4.79 Å². The molecule has 0 saturated carbocycles. The molecule has 1 N–H and O–H groups in total. The summed E-state index contributed by atoms with van der Waals surface area (Å²) in [6, 6.07) is 5.60. The maximum Gasteiger partial charge on any atom is 0.227 e. The van der Waals surface area contributed by atoms with Gasteiger partial charge in [0.2, 0.25) is 5.91 Å². The number of carbonyl (C=O) groups excluding carboxylic acids is 1. The number of amides is 1. The van der Waals surface area contributed by atoms with Crippen molar-refractivity contribution in [3.05, 3.63) is 23.8 Å². The molecular formula is C13H17NO3. The molecule has 2 rings (SSSR count). The van der Waals surface area contributed by atoms with Crippen molar-refractivity contribution in [1.82, 2.24) is 0 Å². The molecule has 1 aromatic rings. The van der Waals surface area contributed by atoms with Gasteiger partial charge >= 0.3 is 0 Å². The second-order valence-corrected chi connectivity index (χ2v) is 4.38. The van der Waals surface area contributed by atoms with Crippen molar-refractivity contribution in [2.45, 2.75) is 32.5 Å². The third kappa shape index (κ3) is 2.58. The third-order valence-electron chi connectivity index (χ3n) is 2.69. The summed E-state index contributed by atoms with van der Waals surface area (Å²) < 4.78 is 11.0. The topological polar surface area (TPSA) is 47.6 Å². The van der Waals surface area contributed by atoms with Crippen molar-refractivity contribution in [2.24, 2.45) is 0 Å². The minimum atomic E-state index is -0.186. The van der Waals surface area contributed by atoms with Gasteiger partial charge in [0, 0.05) is 11.3 Å². The van der Waals surface area contributed by atoms with Crippen molar-refractivity contribution in [2.75, 3.05) is 12.4 Å². The molecule has 1 unspecified atom stereocenters. The normalized spacial score (nSPS) is 18.8. The Bertz CT molecular complexity index is 429. The quantitative estimate of drug-likeness (QED) is 0.875. The standard InChI is InChI=1S/C13H17NO3/c1-8(2)17-12-7-13(15)14-11-5-4-9(16-3)6-10(11)12/h4-6,8,12H,7H2,1-3H3,(H,14,15). The van der Waals surface area contributed by atoms with Crippen LogP contribution >= 0.6 is 0 Å². The Balaban J connectivity index is 2.35. The molecule has 0 saturated heterocycles. The number of nitrogens with one attached hydrogen (secondary N) is 1. The number of rotatable bonds is 3. The molecule has 0 fully saturated rings. The molecule has 4 nitrogen and oxygen atoms in total. The Morgan fingerprint density at radius 2 is 2.18 bits per heavy atom. The predicted octanol–water partition coefficient (Wildman–Crippen LogP) is 2.50. The van der Waals surface area contributed by atoms with Gasteiger partial charge in [-0.25, -0.2) is 0 Å². The van der Waals surface area contributed by atoms with Gasteiger partial charge in [0.15, 0.2) is 0 Å². The molecule has 0 spiro atoms. The number of anilines is 1. The zero-order valence-electron chi connectivity index (χ0n) is 10.3. The van der Waals surface area contributed by atoms with Crippen LogP contribution in [0.3, 0.4) is 0 Å². The fourth-order valence-corrected chi connectivity index (χ4v) is 1.98. The molecule has 17 heavy (non-hydrogen) atoms. The summed E-state index contributed by atoms with van der Waals surface area (Å²) in [6.45, 7) is 3.93. The monoisotopic (exact) mass is 235 g/mol. The highest BCUT2D eigenvalue weighted by Gasteiger charge is 2.26. The lowest BCUT2D eigenvalue weighted by atomic mass is 9.99. The Hall–Kier alpha value is -1.55. The van der Waals surface area contributed by atoms with Crippen molar-refractivity contribution >= 4 is 11.6 Å². The second kappa shape index (κ2) is 4.75. The van der Waals surface area contributed by atoms with Crippen LogP contribution in [0.5, 0.6) is 5.75 Å². The molecule has 4 heteroatoms. The van der Waals surface area contributed by atoms with E-state index in [-0.39, 0.29) is 18.1 Å². The van der Waals surface area contributed by atoms with Crippen LogP contribution in [0.2, 0.25) is 0 Å². The number of hydrogen-bond donors (Lipinski definition) is 1. The smallest absolute Gasteiger partial charge is 0.227 e. The van der Waals surface area contributed by atoms with E-state index in [1.165, 1.54) is 0 Å². The molecule has 1 aliphatic heterocycles. The molecule has 1 amide bonds. The van der Waals surface area contributed by atoms with E-state index in [0.717, 1.165) is 17.0 Å². The molecule has 0 aromatic heterocycles. The van der Waals surface area contributed by atoms with Gasteiger partial charge in [0.25, 0.3) is 0 Å². The van der Waals surface area contributed by atoms with Crippen molar-refractivity contribution in [3.8, 4) is 5.75 Å². The van der Waals surface area contributed by atoms with Gasteiger partial charge < -0.3 is 14.8 Å². The van der Waals surface area contributed by atoms with Crippen LogP contribution in [0, 0.1) is 0 Å².